The molecule has 3 nitrogen and oxygen atoms in total. The Kier molecular flexibility index (Phi) is 3.52. The molecule has 1 fully saturated rings. The summed E-state index contributed by atoms with van der Waals surface area (Å²) in [7, 11) is 0. The fraction of sp³-hybridized carbons (Fsp3) is 0.667. The van der Waals surface area contributed by atoms with Gasteiger partial charge in [-0.2, -0.15) is 5.16 Å². The molecule has 1 heterocycles. The summed E-state index contributed by atoms with van der Waals surface area (Å²) in [5.41, 5.74) is 0. The second-order valence-electron chi connectivity index (χ2n) is 2.36. The standard InChI is InChI=1S/C6H7N2O.K/c1-2-5(3-1)6-7-4-8-9-6;/h5H,1-3H2;/q-1;+1. The topological polar surface area (TPSA) is 38.9 Å². The third-order valence-corrected chi connectivity index (χ3v) is 1.79. The van der Waals surface area contributed by atoms with E-state index in [4.69, 9.17) is 4.52 Å². The normalized spacial score (nSPS) is 17.6. The summed E-state index contributed by atoms with van der Waals surface area (Å²) in [5, 5.41) is 3.41. The minimum atomic E-state index is 0. The molecule has 0 aliphatic heterocycles. The molecule has 1 aromatic heterocycles. The monoisotopic (exact) mass is 162 g/mol. The summed E-state index contributed by atoms with van der Waals surface area (Å²) in [5.74, 6) is 1.31. The molecule has 0 bridgehead atoms. The molecule has 0 N–H and O–H groups in total. The fourth-order valence-corrected chi connectivity index (χ4v) is 0.978. The fourth-order valence-electron chi connectivity index (χ4n) is 0.978. The van der Waals surface area contributed by atoms with E-state index >= 15 is 0 Å². The zero-order valence-corrected chi connectivity index (χ0v) is 9.12. The van der Waals surface area contributed by atoms with Crippen molar-refractivity contribution in [3.8, 4) is 0 Å². The Morgan fingerprint density at radius 1 is 1.50 bits per heavy atom. The van der Waals surface area contributed by atoms with Crippen LogP contribution >= 0.6 is 0 Å². The SMILES string of the molecule is [K+].[c-]1noc(C2CCC2)n1. The summed E-state index contributed by atoms with van der Waals surface area (Å²) >= 11 is 0. The van der Waals surface area contributed by atoms with Crippen LogP contribution in [0.5, 0.6) is 0 Å². The predicted molar refractivity (Wildman–Crippen MR) is 29.7 cm³/mol. The molecule has 1 aliphatic rings. The van der Waals surface area contributed by atoms with Gasteiger partial charge in [0, 0.05) is 0 Å². The molecule has 10 heavy (non-hydrogen) atoms. The van der Waals surface area contributed by atoms with Gasteiger partial charge in [0.25, 0.3) is 0 Å². The van der Waals surface area contributed by atoms with Crippen molar-refractivity contribution in [2.45, 2.75) is 25.2 Å². The van der Waals surface area contributed by atoms with Gasteiger partial charge in [-0.3, -0.25) is 0 Å². The van der Waals surface area contributed by atoms with E-state index in [1.807, 2.05) is 0 Å². The largest absolute Gasteiger partial charge is 1.00 e. The summed E-state index contributed by atoms with van der Waals surface area (Å²) < 4.78 is 4.82. The van der Waals surface area contributed by atoms with E-state index in [9.17, 15) is 0 Å². The maximum Gasteiger partial charge on any atom is 1.00 e. The second-order valence-corrected chi connectivity index (χ2v) is 2.36. The van der Waals surface area contributed by atoms with Crippen molar-refractivity contribution in [3.05, 3.63) is 12.2 Å². The zero-order valence-electron chi connectivity index (χ0n) is 6.00. The van der Waals surface area contributed by atoms with Gasteiger partial charge in [0.2, 0.25) is 0 Å². The molecule has 0 aromatic carbocycles. The van der Waals surface area contributed by atoms with Crippen molar-refractivity contribution in [1.29, 1.82) is 0 Å². The third kappa shape index (κ3) is 1.68. The van der Waals surface area contributed by atoms with Crippen LogP contribution in [0.15, 0.2) is 4.52 Å². The Hall–Kier alpha value is 0.776. The molecule has 2 rings (SSSR count). The molecule has 0 spiro atoms. The second kappa shape index (κ2) is 3.97. The molecule has 1 saturated carbocycles. The van der Waals surface area contributed by atoms with Crippen LogP contribution in [-0.4, -0.2) is 10.1 Å². The Morgan fingerprint density at radius 3 is 2.70 bits per heavy atom. The van der Waals surface area contributed by atoms with Crippen LogP contribution in [0.25, 0.3) is 0 Å². The molecule has 48 valence electrons. The first-order valence-corrected chi connectivity index (χ1v) is 3.16. The van der Waals surface area contributed by atoms with Gasteiger partial charge in [-0.05, 0) is 12.2 Å². The van der Waals surface area contributed by atoms with Crippen molar-refractivity contribution >= 4 is 0 Å². The van der Waals surface area contributed by atoms with E-state index < -0.39 is 0 Å². The Labute approximate surface area is 102 Å². The molecule has 0 atom stereocenters. The summed E-state index contributed by atoms with van der Waals surface area (Å²) in [6.07, 6.45) is 6.12. The van der Waals surface area contributed by atoms with Crippen LogP contribution in [0.2, 0.25) is 0 Å². The third-order valence-electron chi connectivity index (χ3n) is 1.79. The number of nitrogens with zero attached hydrogens (tertiary/aromatic N) is 2. The van der Waals surface area contributed by atoms with Crippen molar-refractivity contribution in [2.75, 3.05) is 0 Å². The van der Waals surface area contributed by atoms with E-state index in [0.29, 0.717) is 5.92 Å². The van der Waals surface area contributed by atoms with Gasteiger partial charge in [-0.15, -0.1) is 0 Å². The first-order valence-electron chi connectivity index (χ1n) is 3.16. The Bertz CT molecular complexity index is 184. The van der Waals surface area contributed by atoms with Crippen molar-refractivity contribution in [3.63, 3.8) is 0 Å². The number of hydrogen-bond acceptors (Lipinski definition) is 3. The zero-order chi connectivity index (χ0) is 6.10. The van der Waals surface area contributed by atoms with Crippen LogP contribution in [-0.2, 0) is 0 Å². The van der Waals surface area contributed by atoms with Crippen LogP contribution < -0.4 is 51.4 Å². The Balaban J connectivity index is 0.000000500. The molecule has 0 unspecified atom stereocenters. The van der Waals surface area contributed by atoms with Crippen LogP contribution in [0.1, 0.15) is 31.1 Å². The minimum Gasteiger partial charge on any atom is -0.450 e. The first kappa shape index (κ1) is 8.87. The van der Waals surface area contributed by atoms with E-state index in [0.717, 1.165) is 5.89 Å². The smallest absolute Gasteiger partial charge is 0.450 e. The van der Waals surface area contributed by atoms with Gasteiger partial charge < -0.3 is 9.51 Å². The van der Waals surface area contributed by atoms with E-state index in [-0.39, 0.29) is 51.4 Å². The van der Waals surface area contributed by atoms with Gasteiger partial charge in [0.1, 0.15) is 0 Å². The van der Waals surface area contributed by atoms with Gasteiger partial charge >= 0.3 is 51.4 Å². The van der Waals surface area contributed by atoms with Crippen LogP contribution in [0.4, 0.5) is 0 Å². The van der Waals surface area contributed by atoms with E-state index in [1.165, 1.54) is 19.3 Å². The average Bonchev–Trinajstić information content (AvgIpc) is 2.11. The van der Waals surface area contributed by atoms with Crippen LogP contribution in [0.3, 0.4) is 0 Å². The predicted octanol–water partition coefficient (Wildman–Crippen LogP) is -1.86. The minimum absolute atomic E-state index is 0. The average molecular weight is 162 g/mol. The van der Waals surface area contributed by atoms with E-state index in [2.05, 4.69) is 16.5 Å². The van der Waals surface area contributed by atoms with Gasteiger partial charge in [-0.25, -0.2) is 0 Å². The Morgan fingerprint density at radius 2 is 2.30 bits per heavy atom. The first-order chi connectivity index (χ1) is 4.47. The molecule has 0 saturated heterocycles. The van der Waals surface area contributed by atoms with Crippen molar-refractivity contribution in [2.24, 2.45) is 0 Å². The van der Waals surface area contributed by atoms with Crippen molar-refractivity contribution < 1.29 is 55.9 Å². The van der Waals surface area contributed by atoms with Gasteiger partial charge in [-0.1, -0.05) is 19.3 Å². The van der Waals surface area contributed by atoms with Crippen molar-refractivity contribution in [1.82, 2.24) is 10.1 Å². The van der Waals surface area contributed by atoms with Gasteiger partial charge in [0.05, 0.1) is 5.89 Å². The molecule has 1 aliphatic carbocycles. The molecular weight excluding hydrogens is 155 g/mol. The number of aromatic nitrogens is 2. The molecule has 0 radical (unpaired) electrons. The van der Waals surface area contributed by atoms with E-state index in [1.54, 1.807) is 0 Å². The summed E-state index contributed by atoms with van der Waals surface area (Å²) in [4.78, 5) is 3.84. The maximum absolute atomic E-state index is 4.82. The maximum atomic E-state index is 4.82. The summed E-state index contributed by atoms with van der Waals surface area (Å²) in [6, 6.07) is 0. The van der Waals surface area contributed by atoms with Gasteiger partial charge in [0.15, 0.2) is 0 Å². The molecular formula is C6H7KN2O. The molecule has 0 amide bonds. The summed E-state index contributed by atoms with van der Waals surface area (Å²) in [6.45, 7) is 0. The number of rotatable bonds is 1. The molecule has 4 heteroatoms. The molecule has 1 aromatic rings. The quantitative estimate of drug-likeness (QED) is 0.359. The number of hydrogen-bond donors (Lipinski definition) is 0. The van der Waals surface area contributed by atoms with Crippen LogP contribution in [0, 0.1) is 6.33 Å².